The van der Waals surface area contributed by atoms with Gasteiger partial charge in [-0.1, -0.05) is 6.07 Å². The zero-order chi connectivity index (χ0) is 12.7. The normalized spacial score (nSPS) is 20.4. The molecule has 90 valence electrons. The van der Waals surface area contributed by atoms with Crippen LogP contribution in [0.25, 0.3) is 0 Å². The lowest BCUT2D eigenvalue weighted by Gasteiger charge is -2.47. The third-order valence-corrected chi connectivity index (χ3v) is 3.28. The first-order valence-corrected chi connectivity index (χ1v) is 5.20. The third kappa shape index (κ3) is 1.89. The fourth-order valence-electron chi connectivity index (χ4n) is 2.35. The van der Waals surface area contributed by atoms with E-state index >= 15 is 0 Å². The van der Waals surface area contributed by atoms with Crippen LogP contribution in [0.2, 0.25) is 0 Å². The summed E-state index contributed by atoms with van der Waals surface area (Å²) in [7, 11) is 0. The maximum Gasteiger partial charge on any atom is 0.250 e. The second-order valence-electron chi connectivity index (χ2n) is 4.50. The zero-order valence-corrected chi connectivity index (χ0v) is 9.01. The molecule has 0 amide bonds. The van der Waals surface area contributed by atoms with Gasteiger partial charge in [-0.15, -0.1) is 0 Å². The van der Waals surface area contributed by atoms with Gasteiger partial charge < -0.3 is 5.73 Å². The van der Waals surface area contributed by atoms with E-state index in [2.05, 4.69) is 0 Å². The predicted octanol–water partition coefficient (Wildman–Crippen LogP) is 2.32. The standard InChI is InChI=1S/C12H11F3N2/c13-10-2-1-9(3-8(10)4-16)11(7-17)5-12(14,15)6-11/h1-3H,5-7,17H2. The number of alkyl halides is 2. The second kappa shape index (κ2) is 3.74. The smallest absolute Gasteiger partial charge is 0.250 e. The van der Waals surface area contributed by atoms with Gasteiger partial charge in [-0.25, -0.2) is 13.2 Å². The van der Waals surface area contributed by atoms with E-state index in [1.54, 1.807) is 6.07 Å². The van der Waals surface area contributed by atoms with Gasteiger partial charge in [0.15, 0.2) is 0 Å². The number of nitrogens with two attached hydrogens (primary N) is 1. The predicted molar refractivity (Wildman–Crippen MR) is 56.0 cm³/mol. The van der Waals surface area contributed by atoms with Gasteiger partial charge >= 0.3 is 0 Å². The lowest BCUT2D eigenvalue weighted by Crippen LogP contribution is -2.53. The van der Waals surface area contributed by atoms with Crippen molar-refractivity contribution < 1.29 is 13.2 Å². The monoisotopic (exact) mass is 240 g/mol. The molecule has 1 aliphatic rings. The van der Waals surface area contributed by atoms with E-state index in [-0.39, 0.29) is 24.9 Å². The van der Waals surface area contributed by atoms with E-state index < -0.39 is 17.2 Å². The van der Waals surface area contributed by atoms with Crippen LogP contribution in [0.4, 0.5) is 13.2 Å². The van der Waals surface area contributed by atoms with Gasteiger partial charge in [0.25, 0.3) is 0 Å². The molecule has 5 heteroatoms. The van der Waals surface area contributed by atoms with Gasteiger partial charge in [-0.2, -0.15) is 5.26 Å². The third-order valence-electron chi connectivity index (χ3n) is 3.28. The summed E-state index contributed by atoms with van der Waals surface area (Å²) in [6.07, 6.45) is -0.681. The molecule has 1 aromatic carbocycles. The van der Waals surface area contributed by atoms with E-state index in [0.717, 1.165) is 6.07 Å². The Morgan fingerprint density at radius 2 is 2.00 bits per heavy atom. The van der Waals surface area contributed by atoms with Crippen molar-refractivity contribution in [3.63, 3.8) is 0 Å². The van der Waals surface area contributed by atoms with Crippen LogP contribution in [0.15, 0.2) is 18.2 Å². The van der Waals surface area contributed by atoms with Crippen LogP contribution >= 0.6 is 0 Å². The number of nitriles is 1. The van der Waals surface area contributed by atoms with E-state index in [1.807, 2.05) is 0 Å². The molecular formula is C12H11F3N2. The number of nitrogens with zero attached hydrogens (tertiary/aromatic N) is 1. The second-order valence-corrected chi connectivity index (χ2v) is 4.50. The highest BCUT2D eigenvalue weighted by atomic mass is 19.3. The highest BCUT2D eigenvalue weighted by molar-refractivity contribution is 5.40. The Bertz CT molecular complexity index is 483. The molecule has 1 aliphatic carbocycles. The van der Waals surface area contributed by atoms with Crippen LogP contribution < -0.4 is 5.73 Å². The van der Waals surface area contributed by atoms with Crippen LogP contribution in [0, 0.1) is 17.1 Å². The lowest BCUT2D eigenvalue weighted by molar-refractivity contribution is -0.123. The van der Waals surface area contributed by atoms with Crippen molar-refractivity contribution in [3.05, 3.63) is 35.1 Å². The van der Waals surface area contributed by atoms with Crippen LogP contribution in [0.3, 0.4) is 0 Å². The number of hydrogen-bond acceptors (Lipinski definition) is 2. The van der Waals surface area contributed by atoms with Gasteiger partial charge in [-0.05, 0) is 17.7 Å². The molecule has 0 aliphatic heterocycles. The summed E-state index contributed by atoms with van der Waals surface area (Å²) in [5.74, 6) is -3.35. The molecule has 0 saturated heterocycles. The summed E-state index contributed by atoms with van der Waals surface area (Å²) in [4.78, 5) is 0. The molecule has 2 N–H and O–H groups in total. The van der Waals surface area contributed by atoms with Gasteiger partial charge in [0.2, 0.25) is 5.92 Å². The highest BCUT2D eigenvalue weighted by Crippen LogP contribution is 2.52. The zero-order valence-electron chi connectivity index (χ0n) is 9.01. The van der Waals surface area contributed by atoms with Gasteiger partial charge in [-0.3, -0.25) is 0 Å². The van der Waals surface area contributed by atoms with Crippen LogP contribution in [-0.4, -0.2) is 12.5 Å². The van der Waals surface area contributed by atoms with Crippen LogP contribution in [0.5, 0.6) is 0 Å². The Labute approximate surface area is 96.8 Å². The van der Waals surface area contributed by atoms with Crippen molar-refractivity contribution in [2.75, 3.05) is 6.54 Å². The topological polar surface area (TPSA) is 49.8 Å². The van der Waals surface area contributed by atoms with E-state index in [4.69, 9.17) is 11.0 Å². The van der Waals surface area contributed by atoms with E-state index in [9.17, 15) is 13.2 Å². The van der Waals surface area contributed by atoms with Crippen molar-refractivity contribution in [1.82, 2.24) is 0 Å². The van der Waals surface area contributed by atoms with Crippen LogP contribution in [0.1, 0.15) is 24.0 Å². The molecule has 2 rings (SSSR count). The minimum absolute atomic E-state index is 0.0685. The highest BCUT2D eigenvalue weighted by Gasteiger charge is 2.56. The maximum atomic E-state index is 13.1. The summed E-state index contributed by atoms with van der Waals surface area (Å²) in [5.41, 5.74) is 5.11. The Kier molecular flexibility index (Phi) is 2.63. The molecule has 0 bridgehead atoms. The Morgan fingerprint density at radius 1 is 1.35 bits per heavy atom. The summed E-state index contributed by atoms with van der Waals surface area (Å²) >= 11 is 0. The molecule has 1 saturated carbocycles. The molecule has 0 atom stereocenters. The molecule has 1 aromatic rings. The van der Waals surface area contributed by atoms with Crippen molar-refractivity contribution >= 4 is 0 Å². The minimum Gasteiger partial charge on any atom is -0.330 e. The first-order chi connectivity index (χ1) is 7.92. The maximum absolute atomic E-state index is 13.1. The molecule has 0 unspecified atom stereocenters. The van der Waals surface area contributed by atoms with Crippen molar-refractivity contribution in [2.45, 2.75) is 24.2 Å². The molecular weight excluding hydrogens is 229 g/mol. The molecule has 1 fully saturated rings. The SMILES string of the molecule is N#Cc1cc(C2(CN)CC(F)(F)C2)ccc1F. The summed E-state index contributed by atoms with van der Waals surface area (Å²) < 4.78 is 39.1. The van der Waals surface area contributed by atoms with Crippen molar-refractivity contribution in [3.8, 4) is 6.07 Å². The first kappa shape index (κ1) is 11.9. The summed E-state index contributed by atoms with van der Waals surface area (Å²) in [6.45, 7) is 0.0685. The molecule has 0 heterocycles. The van der Waals surface area contributed by atoms with Crippen LogP contribution in [-0.2, 0) is 5.41 Å². The molecule has 17 heavy (non-hydrogen) atoms. The lowest BCUT2D eigenvalue weighted by atomic mass is 9.62. The number of halogens is 3. The molecule has 0 aromatic heterocycles. The Morgan fingerprint density at radius 3 is 2.47 bits per heavy atom. The summed E-state index contributed by atoms with van der Waals surface area (Å²) in [5, 5.41) is 8.71. The van der Waals surface area contributed by atoms with Gasteiger partial charge in [0.1, 0.15) is 11.9 Å². The first-order valence-electron chi connectivity index (χ1n) is 5.20. The number of rotatable bonds is 2. The Balaban J connectivity index is 2.38. The quantitative estimate of drug-likeness (QED) is 0.862. The van der Waals surface area contributed by atoms with E-state index in [0.29, 0.717) is 5.56 Å². The fourth-order valence-corrected chi connectivity index (χ4v) is 2.35. The molecule has 0 radical (unpaired) electrons. The van der Waals surface area contributed by atoms with E-state index in [1.165, 1.54) is 12.1 Å². The minimum atomic E-state index is -2.71. The average molecular weight is 240 g/mol. The molecule has 2 nitrogen and oxygen atoms in total. The fraction of sp³-hybridized carbons (Fsp3) is 0.417. The average Bonchev–Trinajstić information content (AvgIpc) is 2.26. The Hall–Kier alpha value is -1.54. The summed E-state index contributed by atoms with van der Waals surface area (Å²) in [6, 6.07) is 5.57. The van der Waals surface area contributed by atoms with Crippen molar-refractivity contribution in [2.24, 2.45) is 5.73 Å². The van der Waals surface area contributed by atoms with Gasteiger partial charge in [0.05, 0.1) is 5.56 Å². The number of benzene rings is 1. The number of hydrogen-bond donors (Lipinski definition) is 1. The largest absolute Gasteiger partial charge is 0.330 e. The van der Waals surface area contributed by atoms with Gasteiger partial charge in [0, 0.05) is 24.8 Å². The molecule has 0 spiro atoms. The van der Waals surface area contributed by atoms with Crippen molar-refractivity contribution in [1.29, 1.82) is 5.26 Å².